The van der Waals surface area contributed by atoms with E-state index < -0.39 is 15.7 Å². The minimum atomic E-state index is -3.41. The number of rotatable bonds is 4. The molecule has 7 heteroatoms. The molecule has 0 bridgehead atoms. The summed E-state index contributed by atoms with van der Waals surface area (Å²) in [5.74, 6) is -0.464. The summed E-state index contributed by atoms with van der Waals surface area (Å²) in [7, 11) is -3.41. The van der Waals surface area contributed by atoms with Gasteiger partial charge in [-0.1, -0.05) is 0 Å². The Morgan fingerprint density at radius 2 is 2.29 bits per heavy atom. The number of primary amides is 1. The van der Waals surface area contributed by atoms with E-state index in [0.29, 0.717) is 5.69 Å². The first kappa shape index (κ1) is 10.7. The molecule has 0 aliphatic rings. The highest BCUT2D eigenvalue weighted by Crippen LogP contribution is 2.09. The minimum Gasteiger partial charge on any atom is -0.436 e. The third kappa shape index (κ3) is 2.84. The van der Waals surface area contributed by atoms with Gasteiger partial charge in [0.25, 0.3) is 0 Å². The molecule has 1 rings (SSSR count). The molecule has 0 aliphatic carbocycles. The molecule has 0 saturated heterocycles. The van der Waals surface area contributed by atoms with Crippen molar-refractivity contribution in [1.29, 1.82) is 0 Å². The molecular formula is C7H10N2O4S. The van der Waals surface area contributed by atoms with E-state index in [1.165, 1.54) is 6.26 Å². The number of hydrogen-bond donors (Lipinski definition) is 1. The van der Waals surface area contributed by atoms with Crippen LogP contribution in [0.1, 0.15) is 12.1 Å². The van der Waals surface area contributed by atoms with E-state index >= 15 is 0 Å². The van der Waals surface area contributed by atoms with Gasteiger partial charge in [0, 0.05) is 19.1 Å². The predicted octanol–water partition coefficient (Wildman–Crippen LogP) is -0.504. The number of aromatic nitrogens is 1. The van der Waals surface area contributed by atoms with Gasteiger partial charge in [0.15, 0.2) is 0 Å². The third-order valence-electron chi connectivity index (χ3n) is 1.48. The summed E-state index contributed by atoms with van der Waals surface area (Å²) in [6.07, 6.45) is 2.61. The monoisotopic (exact) mass is 218 g/mol. The van der Waals surface area contributed by atoms with Crippen LogP contribution in [0.3, 0.4) is 0 Å². The summed E-state index contributed by atoms with van der Waals surface area (Å²) in [4.78, 5) is 14.1. The van der Waals surface area contributed by atoms with Crippen LogP contribution in [0.5, 0.6) is 0 Å². The predicted molar refractivity (Wildman–Crippen MR) is 47.1 cm³/mol. The van der Waals surface area contributed by atoms with E-state index in [9.17, 15) is 13.2 Å². The van der Waals surface area contributed by atoms with Gasteiger partial charge in [0.05, 0.1) is 5.69 Å². The molecule has 0 unspecified atom stereocenters. The van der Waals surface area contributed by atoms with Crippen LogP contribution in [-0.4, -0.2) is 25.6 Å². The summed E-state index contributed by atoms with van der Waals surface area (Å²) in [6, 6.07) is 0. The quantitative estimate of drug-likeness (QED) is 0.733. The molecule has 0 aromatic carbocycles. The number of carbonyl (C=O) groups excluding carboxylic acids is 1. The number of aryl methyl sites for hydroxylation is 1. The maximum atomic E-state index is 10.9. The van der Waals surface area contributed by atoms with Gasteiger partial charge in [-0.15, -0.1) is 0 Å². The van der Waals surface area contributed by atoms with Crippen molar-refractivity contribution in [3.63, 3.8) is 0 Å². The van der Waals surface area contributed by atoms with Crippen LogP contribution in [-0.2, 0) is 21.1 Å². The maximum absolute atomic E-state index is 10.9. The first-order chi connectivity index (χ1) is 6.39. The Balaban J connectivity index is 2.74. The third-order valence-corrected chi connectivity index (χ3v) is 2.30. The van der Waals surface area contributed by atoms with Crippen LogP contribution < -0.4 is 5.73 Å². The Hall–Kier alpha value is -1.37. The second-order valence-corrected chi connectivity index (χ2v) is 4.74. The zero-order valence-electron chi connectivity index (χ0n) is 7.56. The van der Waals surface area contributed by atoms with E-state index in [-0.39, 0.29) is 18.1 Å². The normalized spacial score (nSPS) is 11.5. The first-order valence-corrected chi connectivity index (χ1v) is 5.71. The Bertz CT molecular complexity index is 434. The first-order valence-electron chi connectivity index (χ1n) is 3.82. The van der Waals surface area contributed by atoms with Crippen molar-refractivity contribution in [2.24, 2.45) is 5.73 Å². The Morgan fingerprint density at radius 1 is 1.64 bits per heavy atom. The molecule has 0 atom stereocenters. The summed E-state index contributed by atoms with van der Waals surface area (Å²) in [6.45, 7) is 0. The molecule has 1 heterocycles. The Morgan fingerprint density at radius 3 is 2.71 bits per heavy atom. The van der Waals surface area contributed by atoms with E-state index in [1.807, 2.05) is 0 Å². The van der Waals surface area contributed by atoms with Crippen LogP contribution in [0.2, 0.25) is 0 Å². The summed E-state index contributed by atoms with van der Waals surface area (Å²) < 4.78 is 26.6. The summed E-state index contributed by atoms with van der Waals surface area (Å²) >= 11 is 0. The maximum Gasteiger partial charge on any atom is 0.314 e. The van der Waals surface area contributed by atoms with Crippen molar-refractivity contribution in [3.05, 3.63) is 12.0 Å². The van der Waals surface area contributed by atoms with Crippen molar-refractivity contribution in [2.45, 2.75) is 18.1 Å². The summed E-state index contributed by atoms with van der Waals surface area (Å²) in [5, 5.41) is -0.336. The van der Waals surface area contributed by atoms with Crippen molar-refractivity contribution in [3.8, 4) is 0 Å². The van der Waals surface area contributed by atoms with Crippen LogP contribution >= 0.6 is 0 Å². The van der Waals surface area contributed by atoms with Crippen LogP contribution in [0.25, 0.3) is 0 Å². The van der Waals surface area contributed by atoms with Crippen molar-refractivity contribution < 1.29 is 17.6 Å². The molecule has 1 aromatic heterocycles. The number of nitrogens with zero attached hydrogens (tertiary/aromatic N) is 1. The fraction of sp³-hybridized carbons (Fsp3) is 0.429. The average Bonchev–Trinajstić information content (AvgIpc) is 2.47. The Kier molecular flexibility index (Phi) is 2.90. The van der Waals surface area contributed by atoms with Crippen molar-refractivity contribution in [2.75, 3.05) is 6.26 Å². The largest absolute Gasteiger partial charge is 0.436 e. The Labute approximate surface area is 81.0 Å². The zero-order valence-corrected chi connectivity index (χ0v) is 8.37. The fourth-order valence-electron chi connectivity index (χ4n) is 0.825. The number of hydrogen-bond acceptors (Lipinski definition) is 5. The molecule has 0 fully saturated rings. The highest BCUT2D eigenvalue weighted by atomic mass is 32.2. The van der Waals surface area contributed by atoms with E-state index in [0.717, 1.165) is 6.26 Å². The smallest absolute Gasteiger partial charge is 0.314 e. The molecule has 14 heavy (non-hydrogen) atoms. The molecule has 6 nitrogen and oxygen atoms in total. The molecule has 0 saturated carbocycles. The van der Waals surface area contributed by atoms with Gasteiger partial charge in [0.1, 0.15) is 6.26 Å². The number of nitrogens with two attached hydrogens (primary N) is 1. The number of amides is 1. The van der Waals surface area contributed by atoms with Crippen LogP contribution in [0.15, 0.2) is 15.9 Å². The van der Waals surface area contributed by atoms with E-state index in [2.05, 4.69) is 4.98 Å². The second kappa shape index (κ2) is 3.79. The molecule has 1 amide bonds. The zero-order chi connectivity index (χ0) is 10.8. The summed E-state index contributed by atoms with van der Waals surface area (Å²) in [5.41, 5.74) is 5.32. The topological polar surface area (TPSA) is 103 Å². The van der Waals surface area contributed by atoms with E-state index in [4.69, 9.17) is 10.2 Å². The van der Waals surface area contributed by atoms with Gasteiger partial charge in [-0.2, -0.15) is 0 Å². The minimum absolute atomic E-state index is 0.121. The lowest BCUT2D eigenvalue weighted by atomic mass is 10.2. The van der Waals surface area contributed by atoms with Gasteiger partial charge < -0.3 is 10.2 Å². The van der Waals surface area contributed by atoms with Crippen molar-refractivity contribution in [1.82, 2.24) is 4.98 Å². The SMILES string of the molecule is CS(=O)(=O)c1nc(CCC(N)=O)co1. The highest BCUT2D eigenvalue weighted by molar-refractivity contribution is 7.90. The standard InChI is InChI=1S/C7H10N2O4S/c1-14(11,12)7-9-5(4-13-7)2-3-6(8)10/h4H,2-3H2,1H3,(H2,8,10). The number of oxazole rings is 1. The van der Waals surface area contributed by atoms with Gasteiger partial charge in [-0.05, 0) is 0 Å². The molecule has 0 radical (unpaired) electrons. The highest BCUT2D eigenvalue weighted by Gasteiger charge is 2.14. The molecule has 0 spiro atoms. The molecule has 0 aliphatic heterocycles. The van der Waals surface area contributed by atoms with Crippen molar-refractivity contribution >= 4 is 15.7 Å². The lowest BCUT2D eigenvalue weighted by molar-refractivity contribution is -0.118. The van der Waals surface area contributed by atoms with Crippen LogP contribution in [0.4, 0.5) is 0 Å². The second-order valence-electron chi connectivity index (χ2n) is 2.84. The van der Waals surface area contributed by atoms with E-state index in [1.54, 1.807) is 0 Å². The average molecular weight is 218 g/mol. The van der Waals surface area contributed by atoms with Gasteiger partial charge >= 0.3 is 5.22 Å². The lowest BCUT2D eigenvalue weighted by Crippen LogP contribution is -2.11. The number of sulfone groups is 1. The lowest BCUT2D eigenvalue weighted by Gasteiger charge is -1.89. The number of carbonyl (C=O) groups is 1. The van der Waals surface area contributed by atoms with Gasteiger partial charge in [-0.3, -0.25) is 4.79 Å². The molecular weight excluding hydrogens is 208 g/mol. The molecule has 78 valence electrons. The molecule has 1 aromatic rings. The van der Waals surface area contributed by atoms with Gasteiger partial charge in [-0.25, -0.2) is 13.4 Å². The fourth-order valence-corrected chi connectivity index (χ4v) is 1.33. The molecule has 2 N–H and O–H groups in total. The van der Waals surface area contributed by atoms with Crippen LogP contribution in [0, 0.1) is 0 Å². The van der Waals surface area contributed by atoms with Gasteiger partial charge in [0.2, 0.25) is 15.7 Å².